The van der Waals surface area contributed by atoms with E-state index in [4.69, 9.17) is 0 Å². The van der Waals surface area contributed by atoms with Gasteiger partial charge in [0.05, 0.1) is 5.69 Å². The second kappa shape index (κ2) is 8.48. The van der Waals surface area contributed by atoms with Gasteiger partial charge in [0.15, 0.2) is 10.9 Å². The molecule has 0 spiro atoms. The van der Waals surface area contributed by atoms with Crippen molar-refractivity contribution in [1.29, 1.82) is 0 Å². The van der Waals surface area contributed by atoms with Crippen LogP contribution in [0.1, 0.15) is 44.8 Å². The number of ketones is 1. The molecule has 144 valence electrons. The van der Waals surface area contributed by atoms with Crippen molar-refractivity contribution in [2.24, 2.45) is 0 Å². The fraction of sp³-hybridized carbons (Fsp3) is 0.261. The molecular weight excluding hydrogens is 368 g/mol. The van der Waals surface area contributed by atoms with Gasteiger partial charge in [-0.05, 0) is 44.9 Å². The largest absolute Gasteiger partial charge is 0.302 e. The molecule has 5 heteroatoms. The minimum atomic E-state index is -0.194. The summed E-state index contributed by atoms with van der Waals surface area (Å²) in [6.45, 7) is 8.13. The summed E-state index contributed by atoms with van der Waals surface area (Å²) in [6.07, 6.45) is 0.327. The van der Waals surface area contributed by atoms with Crippen LogP contribution < -0.4 is 5.32 Å². The first-order chi connectivity index (χ1) is 13.3. The van der Waals surface area contributed by atoms with Gasteiger partial charge in [-0.25, -0.2) is 4.98 Å². The van der Waals surface area contributed by atoms with Crippen LogP contribution in [0.5, 0.6) is 0 Å². The van der Waals surface area contributed by atoms with Crippen LogP contribution in [0.25, 0.3) is 11.3 Å². The fourth-order valence-corrected chi connectivity index (χ4v) is 3.75. The molecule has 1 N–H and O–H groups in total. The number of carbonyl (C=O) groups is 2. The van der Waals surface area contributed by atoms with Gasteiger partial charge in [-0.15, -0.1) is 11.3 Å². The van der Waals surface area contributed by atoms with E-state index in [2.05, 4.69) is 42.3 Å². The molecule has 1 aromatic heterocycles. The van der Waals surface area contributed by atoms with Crippen LogP contribution in [0.2, 0.25) is 0 Å². The molecule has 0 saturated heterocycles. The molecule has 2 aromatic carbocycles. The van der Waals surface area contributed by atoms with Crippen molar-refractivity contribution < 1.29 is 9.59 Å². The zero-order valence-electron chi connectivity index (χ0n) is 16.6. The summed E-state index contributed by atoms with van der Waals surface area (Å²) in [5.41, 5.74) is 6.13. The molecule has 0 saturated carbocycles. The second-order valence-electron chi connectivity index (χ2n) is 7.06. The molecule has 0 fully saturated rings. The van der Waals surface area contributed by atoms with Gasteiger partial charge in [-0.3, -0.25) is 9.59 Å². The van der Waals surface area contributed by atoms with Crippen LogP contribution in [0.3, 0.4) is 0 Å². The van der Waals surface area contributed by atoms with Crippen LogP contribution in [-0.4, -0.2) is 16.7 Å². The Morgan fingerprint density at radius 3 is 2.32 bits per heavy atom. The van der Waals surface area contributed by atoms with Crippen molar-refractivity contribution in [2.45, 2.75) is 40.5 Å². The third-order valence-corrected chi connectivity index (χ3v) is 5.66. The lowest BCUT2D eigenvalue weighted by atomic mass is 10.0. The number of carbonyl (C=O) groups excluding carboxylic acids is 2. The highest BCUT2D eigenvalue weighted by Crippen LogP contribution is 2.31. The smallest absolute Gasteiger partial charge is 0.226 e. The molecule has 0 aliphatic heterocycles. The standard InChI is InChI=1S/C23H24N2O2S/c1-14-5-8-18(9-6-14)20(26)11-12-21(27)24-23-25-22(17(4)28-23)19-10-7-15(2)16(3)13-19/h5-10,13H,11-12H2,1-4H3,(H,24,25,27). The first-order valence-corrected chi connectivity index (χ1v) is 10.1. The molecule has 1 heterocycles. The number of nitrogens with one attached hydrogen (secondary N) is 1. The van der Waals surface area contributed by atoms with E-state index in [9.17, 15) is 9.59 Å². The van der Waals surface area contributed by atoms with E-state index >= 15 is 0 Å². The van der Waals surface area contributed by atoms with Crippen molar-refractivity contribution in [3.8, 4) is 11.3 Å². The van der Waals surface area contributed by atoms with Crippen LogP contribution >= 0.6 is 11.3 Å². The summed E-state index contributed by atoms with van der Waals surface area (Å²) >= 11 is 1.45. The quantitative estimate of drug-likeness (QED) is 0.552. The second-order valence-corrected chi connectivity index (χ2v) is 8.26. The molecule has 0 aliphatic carbocycles. The van der Waals surface area contributed by atoms with Gasteiger partial charge in [0.25, 0.3) is 0 Å². The van der Waals surface area contributed by atoms with Crippen LogP contribution in [0.4, 0.5) is 5.13 Å². The van der Waals surface area contributed by atoms with Gasteiger partial charge in [0, 0.05) is 28.8 Å². The summed E-state index contributed by atoms with van der Waals surface area (Å²) in [6, 6.07) is 13.7. The Kier molecular flexibility index (Phi) is 6.05. The number of nitrogens with zero attached hydrogens (tertiary/aromatic N) is 1. The number of rotatable bonds is 6. The molecule has 1 amide bonds. The maximum Gasteiger partial charge on any atom is 0.226 e. The summed E-state index contributed by atoms with van der Waals surface area (Å²) in [5.74, 6) is -0.220. The molecule has 0 radical (unpaired) electrons. The third-order valence-electron chi connectivity index (χ3n) is 4.78. The van der Waals surface area contributed by atoms with Gasteiger partial charge in [0.2, 0.25) is 5.91 Å². The molecule has 0 bridgehead atoms. The van der Waals surface area contributed by atoms with Crippen molar-refractivity contribution in [3.63, 3.8) is 0 Å². The maximum absolute atomic E-state index is 12.3. The molecule has 28 heavy (non-hydrogen) atoms. The van der Waals surface area contributed by atoms with Crippen LogP contribution in [0.15, 0.2) is 42.5 Å². The molecule has 0 unspecified atom stereocenters. The Morgan fingerprint density at radius 2 is 1.64 bits per heavy atom. The lowest BCUT2D eigenvalue weighted by molar-refractivity contribution is -0.116. The van der Waals surface area contributed by atoms with Crippen molar-refractivity contribution in [1.82, 2.24) is 4.98 Å². The van der Waals surface area contributed by atoms with Gasteiger partial charge in [0.1, 0.15) is 0 Å². The van der Waals surface area contributed by atoms with E-state index in [1.165, 1.54) is 22.5 Å². The predicted octanol–water partition coefficient (Wildman–Crippen LogP) is 5.65. The number of benzene rings is 2. The first kappa shape index (κ1) is 20.0. The molecule has 0 aliphatic rings. The normalized spacial score (nSPS) is 10.7. The van der Waals surface area contributed by atoms with Crippen LogP contribution in [-0.2, 0) is 4.79 Å². The van der Waals surface area contributed by atoms with E-state index in [0.29, 0.717) is 10.7 Å². The lowest BCUT2D eigenvalue weighted by Gasteiger charge is -2.04. The van der Waals surface area contributed by atoms with Crippen molar-refractivity contribution in [2.75, 3.05) is 5.32 Å². The van der Waals surface area contributed by atoms with Crippen molar-refractivity contribution in [3.05, 3.63) is 69.6 Å². The fourth-order valence-electron chi connectivity index (χ4n) is 2.90. The first-order valence-electron chi connectivity index (χ1n) is 9.28. The Balaban J connectivity index is 1.62. The minimum absolute atomic E-state index is 0.0266. The maximum atomic E-state index is 12.3. The van der Waals surface area contributed by atoms with E-state index in [0.717, 1.165) is 21.7 Å². The number of hydrogen-bond acceptors (Lipinski definition) is 4. The monoisotopic (exact) mass is 392 g/mol. The highest BCUT2D eigenvalue weighted by molar-refractivity contribution is 7.16. The van der Waals surface area contributed by atoms with E-state index in [1.54, 1.807) is 12.1 Å². The summed E-state index contributed by atoms with van der Waals surface area (Å²) in [4.78, 5) is 30.1. The van der Waals surface area contributed by atoms with Crippen molar-refractivity contribution >= 4 is 28.2 Å². The predicted molar refractivity (Wildman–Crippen MR) is 115 cm³/mol. The number of amides is 1. The van der Waals surface area contributed by atoms with Gasteiger partial charge in [-0.2, -0.15) is 0 Å². The van der Waals surface area contributed by atoms with Crippen LogP contribution in [0, 0.1) is 27.7 Å². The van der Waals surface area contributed by atoms with Gasteiger partial charge >= 0.3 is 0 Å². The number of hydrogen-bond donors (Lipinski definition) is 1. The number of thiazole rings is 1. The third kappa shape index (κ3) is 4.73. The Morgan fingerprint density at radius 1 is 0.929 bits per heavy atom. The Hall–Kier alpha value is -2.79. The molecule has 3 rings (SSSR count). The number of aromatic nitrogens is 1. The Labute approximate surface area is 169 Å². The average Bonchev–Trinajstić information content (AvgIpc) is 3.02. The topological polar surface area (TPSA) is 59.1 Å². The number of Topliss-reactive ketones (excluding diaryl/α,β-unsaturated/α-hetero) is 1. The molecular formula is C23H24N2O2S. The highest BCUT2D eigenvalue weighted by Gasteiger charge is 2.14. The average molecular weight is 393 g/mol. The Bertz CT molecular complexity index is 1020. The number of aryl methyl sites for hydroxylation is 4. The zero-order valence-corrected chi connectivity index (χ0v) is 17.4. The summed E-state index contributed by atoms with van der Waals surface area (Å²) in [7, 11) is 0. The molecule has 4 nitrogen and oxygen atoms in total. The van der Waals surface area contributed by atoms with E-state index < -0.39 is 0 Å². The van der Waals surface area contributed by atoms with E-state index in [1.807, 2.05) is 26.0 Å². The molecule has 3 aromatic rings. The van der Waals surface area contributed by atoms with Gasteiger partial charge < -0.3 is 5.32 Å². The van der Waals surface area contributed by atoms with E-state index in [-0.39, 0.29) is 24.5 Å². The highest BCUT2D eigenvalue weighted by atomic mass is 32.1. The summed E-state index contributed by atoms with van der Waals surface area (Å²) < 4.78 is 0. The lowest BCUT2D eigenvalue weighted by Crippen LogP contribution is -2.13. The molecule has 0 atom stereocenters. The number of anilines is 1. The summed E-state index contributed by atoms with van der Waals surface area (Å²) in [5, 5.41) is 3.40. The minimum Gasteiger partial charge on any atom is -0.302 e. The van der Waals surface area contributed by atoms with Gasteiger partial charge in [-0.1, -0.05) is 42.0 Å². The zero-order chi connectivity index (χ0) is 20.3. The SMILES string of the molecule is Cc1ccc(C(=O)CCC(=O)Nc2nc(-c3ccc(C)c(C)c3)c(C)s2)cc1.